The monoisotopic (exact) mass is 139 g/mol. The Morgan fingerprint density at radius 3 is 3.10 bits per heavy atom. The van der Waals surface area contributed by atoms with Crippen LogP contribution in [-0.2, 0) is 4.84 Å². The Morgan fingerprint density at radius 2 is 2.30 bits per heavy atom. The van der Waals surface area contributed by atoms with Gasteiger partial charge in [0.15, 0.2) is 5.72 Å². The Balaban J connectivity index is 1.89. The van der Waals surface area contributed by atoms with Crippen LogP contribution in [0.15, 0.2) is 0 Å². The van der Waals surface area contributed by atoms with Crippen molar-refractivity contribution in [1.29, 1.82) is 0 Å². The van der Waals surface area contributed by atoms with E-state index in [1.54, 1.807) is 0 Å². The molecule has 0 aromatic carbocycles. The lowest BCUT2D eigenvalue weighted by molar-refractivity contribution is 0.116. The molecule has 1 aliphatic carbocycles. The van der Waals surface area contributed by atoms with E-state index >= 15 is 0 Å². The second-order valence-corrected chi connectivity index (χ2v) is 3.77. The van der Waals surface area contributed by atoms with Gasteiger partial charge in [-0.15, -0.1) is 0 Å². The normalized spacial score (nSPS) is 57.6. The summed E-state index contributed by atoms with van der Waals surface area (Å²) >= 11 is 0. The summed E-state index contributed by atoms with van der Waals surface area (Å²) < 4.78 is 0. The fraction of sp³-hybridized carbons (Fsp3) is 1.00. The van der Waals surface area contributed by atoms with E-state index in [1.807, 2.05) is 0 Å². The van der Waals surface area contributed by atoms with E-state index in [-0.39, 0.29) is 5.72 Å². The number of hydrogen-bond acceptors (Lipinski definition) is 2. The predicted octanol–water partition coefficient (Wildman–Crippen LogP) is 1.52. The first kappa shape index (κ1) is 5.56. The molecule has 2 heteroatoms. The minimum atomic E-state index is 0.290. The van der Waals surface area contributed by atoms with Crippen molar-refractivity contribution in [2.75, 3.05) is 6.54 Å². The SMILES string of the molecule is C1CC[C@@]23ON2CC[C@H]3C1. The van der Waals surface area contributed by atoms with Gasteiger partial charge in [0.05, 0.1) is 0 Å². The molecule has 0 radical (unpaired) electrons. The second kappa shape index (κ2) is 1.56. The minimum absolute atomic E-state index is 0.290. The van der Waals surface area contributed by atoms with Crippen LogP contribution in [0.3, 0.4) is 0 Å². The maximum Gasteiger partial charge on any atom is 0.167 e. The van der Waals surface area contributed by atoms with Crippen molar-refractivity contribution < 1.29 is 4.84 Å². The summed E-state index contributed by atoms with van der Waals surface area (Å²) in [6.45, 7) is 1.20. The van der Waals surface area contributed by atoms with Gasteiger partial charge in [0, 0.05) is 12.5 Å². The summed E-state index contributed by atoms with van der Waals surface area (Å²) in [4.78, 5) is 5.58. The van der Waals surface area contributed by atoms with Crippen LogP contribution < -0.4 is 0 Å². The van der Waals surface area contributed by atoms with Gasteiger partial charge >= 0.3 is 0 Å². The molecule has 3 rings (SSSR count). The molecule has 3 atom stereocenters. The molecule has 2 heterocycles. The summed E-state index contributed by atoms with van der Waals surface area (Å²) in [7, 11) is 0. The van der Waals surface area contributed by atoms with Gasteiger partial charge in [-0.3, -0.25) is 4.84 Å². The molecular formula is C8H13NO. The summed E-state index contributed by atoms with van der Waals surface area (Å²) in [6, 6.07) is 0. The van der Waals surface area contributed by atoms with Crippen LogP contribution in [0.4, 0.5) is 0 Å². The Bertz CT molecular complexity index is 171. The Kier molecular flexibility index (Phi) is 0.868. The van der Waals surface area contributed by atoms with Crippen molar-refractivity contribution in [2.24, 2.45) is 5.92 Å². The lowest BCUT2D eigenvalue weighted by atomic mass is 9.83. The third-order valence-corrected chi connectivity index (χ3v) is 3.31. The number of hydrogen-bond donors (Lipinski definition) is 0. The molecule has 0 aromatic rings. The highest BCUT2D eigenvalue weighted by molar-refractivity contribution is 5.01. The molecule has 1 unspecified atom stereocenters. The first-order valence-electron chi connectivity index (χ1n) is 4.39. The van der Waals surface area contributed by atoms with Crippen LogP contribution >= 0.6 is 0 Å². The zero-order valence-corrected chi connectivity index (χ0v) is 6.18. The third-order valence-electron chi connectivity index (χ3n) is 3.31. The average Bonchev–Trinajstić information content (AvgIpc) is 2.55. The molecule has 0 bridgehead atoms. The molecule has 3 fully saturated rings. The smallest absolute Gasteiger partial charge is 0.167 e. The first-order valence-corrected chi connectivity index (χ1v) is 4.39. The molecule has 2 nitrogen and oxygen atoms in total. The zero-order chi connectivity index (χ0) is 6.60. The van der Waals surface area contributed by atoms with Crippen LogP contribution in [0.2, 0.25) is 0 Å². The van der Waals surface area contributed by atoms with E-state index in [0.29, 0.717) is 0 Å². The molecular weight excluding hydrogens is 126 g/mol. The highest BCUT2D eigenvalue weighted by atomic mass is 16.9. The molecule has 56 valence electrons. The highest BCUT2D eigenvalue weighted by Crippen LogP contribution is 2.56. The number of hydroxylamine groups is 2. The van der Waals surface area contributed by atoms with Crippen molar-refractivity contribution in [3.8, 4) is 0 Å². The van der Waals surface area contributed by atoms with E-state index < -0.39 is 0 Å². The van der Waals surface area contributed by atoms with Crippen molar-refractivity contribution in [1.82, 2.24) is 5.06 Å². The van der Waals surface area contributed by atoms with Gasteiger partial charge in [-0.25, -0.2) is 0 Å². The van der Waals surface area contributed by atoms with Crippen LogP contribution in [0.25, 0.3) is 0 Å². The topological polar surface area (TPSA) is 15.5 Å². The van der Waals surface area contributed by atoms with Gasteiger partial charge < -0.3 is 0 Å². The summed E-state index contributed by atoms with van der Waals surface area (Å²) in [5.74, 6) is 0.890. The quantitative estimate of drug-likeness (QED) is 0.473. The Morgan fingerprint density at radius 1 is 1.30 bits per heavy atom. The molecule has 2 saturated heterocycles. The lowest BCUT2D eigenvalue weighted by Gasteiger charge is -2.22. The van der Waals surface area contributed by atoms with Crippen LogP contribution in [0.1, 0.15) is 32.1 Å². The van der Waals surface area contributed by atoms with E-state index in [0.717, 1.165) is 5.92 Å². The fourth-order valence-corrected chi connectivity index (χ4v) is 2.70. The van der Waals surface area contributed by atoms with E-state index in [4.69, 9.17) is 4.84 Å². The van der Waals surface area contributed by atoms with Crippen molar-refractivity contribution in [2.45, 2.75) is 37.8 Å². The molecule has 2 aliphatic heterocycles. The summed E-state index contributed by atoms with van der Waals surface area (Å²) in [5, 5.41) is 2.21. The van der Waals surface area contributed by atoms with Crippen LogP contribution in [-0.4, -0.2) is 17.3 Å². The van der Waals surface area contributed by atoms with Gasteiger partial charge in [0.2, 0.25) is 0 Å². The van der Waals surface area contributed by atoms with Gasteiger partial charge in [0.1, 0.15) is 0 Å². The van der Waals surface area contributed by atoms with Gasteiger partial charge in [-0.05, 0) is 25.7 Å². The van der Waals surface area contributed by atoms with E-state index in [9.17, 15) is 0 Å². The Hall–Kier alpha value is -0.0800. The maximum atomic E-state index is 5.58. The third kappa shape index (κ3) is 0.487. The average molecular weight is 139 g/mol. The number of nitrogens with zero attached hydrogens (tertiary/aromatic N) is 1. The zero-order valence-electron chi connectivity index (χ0n) is 6.18. The minimum Gasteiger partial charge on any atom is -0.271 e. The molecule has 1 spiro atoms. The molecule has 3 aliphatic rings. The van der Waals surface area contributed by atoms with Gasteiger partial charge in [-0.2, -0.15) is 5.06 Å². The number of rotatable bonds is 0. The largest absolute Gasteiger partial charge is 0.271 e. The van der Waals surface area contributed by atoms with Crippen LogP contribution in [0, 0.1) is 5.92 Å². The predicted molar refractivity (Wildman–Crippen MR) is 37.1 cm³/mol. The summed E-state index contributed by atoms with van der Waals surface area (Å²) in [5.41, 5.74) is 0.290. The maximum absolute atomic E-state index is 5.58. The molecule has 1 saturated carbocycles. The van der Waals surface area contributed by atoms with Crippen LogP contribution in [0.5, 0.6) is 0 Å². The molecule has 0 N–H and O–H groups in total. The van der Waals surface area contributed by atoms with E-state index in [1.165, 1.54) is 38.6 Å². The van der Waals surface area contributed by atoms with Crippen molar-refractivity contribution in [3.05, 3.63) is 0 Å². The lowest BCUT2D eigenvalue weighted by Crippen LogP contribution is -2.25. The van der Waals surface area contributed by atoms with Gasteiger partial charge in [-0.1, -0.05) is 6.42 Å². The fourth-order valence-electron chi connectivity index (χ4n) is 2.70. The molecule has 0 amide bonds. The first-order chi connectivity index (χ1) is 4.92. The Labute approximate surface area is 61.1 Å². The summed E-state index contributed by atoms with van der Waals surface area (Å²) in [6.07, 6.45) is 6.92. The molecule has 10 heavy (non-hydrogen) atoms. The van der Waals surface area contributed by atoms with Gasteiger partial charge in [0.25, 0.3) is 0 Å². The van der Waals surface area contributed by atoms with E-state index in [2.05, 4.69) is 5.06 Å². The highest BCUT2D eigenvalue weighted by Gasteiger charge is 2.64. The second-order valence-electron chi connectivity index (χ2n) is 3.77. The standard InChI is InChI=1S/C8H13NO/c1-2-5-8-7(3-1)4-6-9(8)10-8/h7H,1-6H2/t7-,8+,9?/m1/s1. The van der Waals surface area contributed by atoms with Crippen molar-refractivity contribution >= 4 is 0 Å². The molecule has 0 aromatic heterocycles. The van der Waals surface area contributed by atoms with Crippen molar-refractivity contribution in [3.63, 3.8) is 0 Å².